The number of hydrogen-bond acceptors (Lipinski definition) is 4. The van der Waals surface area contributed by atoms with Crippen LogP contribution in [0.2, 0.25) is 0 Å². The largest absolute Gasteiger partial charge is 0.351 e. The van der Waals surface area contributed by atoms with E-state index in [4.69, 9.17) is 0 Å². The molecular formula is C17H21FN2O3S2. The van der Waals surface area contributed by atoms with Crippen molar-refractivity contribution in [2.45, 2.75) is 31.0 Å². The number of nitrogens with one attached hydrogen (secondary N) is 1. The molecule has 0 saturated heterocycles. The highest BCUT2D eigenvalue weighted by Crippen LogP contribution is 2.24. The van der Waals surface area contributed by atoms with Gasteiger partial charge in [0.2, 0.25) is 5.91 Å². The van der Waals surface area contributed by atoms with E-state index in [9.17, 15) is 17.6 Å². The summed E-state index contributed by atoms with van der Waals surface area (Å²) in [5.74, 6) is -0.623. The number of carbonyl (C=O) groups is 1. The Balaban J connectivity index is 1.96. The Morgan fingerprint density at radius 3 is 2.56 bits per heavy atom. The summed E-state index contributed by atoms with van der Waals surface area (Å²) in [5, 5.41) is 2.73. The van der Waals surface area contributed by atoms with E-state index >= 15 is 0 Å². The van der Waals surface area contributed by atoms with E-state index in [1.165, 1.54) is 16.4 Å². The van der Waals surface area contributed by atoms with E-state index in [2.05, 4.69) is 5.32 Å². The highest BCUT2D eigenvalue weighted by molar-refractivity contribution is 7.91. The fourth-order valence-corrected chi connectivity index (χ4v) is 5.27. The molecule has 0 fully saturated rings. The maximum absolute atomic E-state index is 13.1. The summed E-state index contributed by atoms with van der Waals surface area (Å²) < 4.78 is 39.6. The van der Waals surface area contributed by atoms with Gasteiger partial charge in [0.05, 0.1) is 13.0 Å². The molecule has 2 aromatic rings. The quantitative estimate of drug-likeness (QED) is 0.761. The Bertz CT molecular complexity index is 830. The third-order valence-corrected chi connectivity index (χ3v) is 7.25. The minimum Gasteiger partial charge on any atom is -0.351 e. The number of hydrogen-bond donors (Lipinski definition) is 1. The van der Waals surface area contributed by atoms with Crippen LogP contribution in [0.1, 0.15) is 24.3 Å². The average Bonchev–Trinajstić information content (AvgIpc) is 3.04. The number of thiophene rings is 1. The molecule has 2 rings (SSSR count). The Morgan fingerprint density at radius 2 is 1.92 bits per heavy atom. The van der Waals surface area contributed by atoms with Crippen LogP contribution in [0, 0.1) is 5.82 Å². The zero-order valence-electron chi connectivity index (χ0n) is 14.2. The zero-order chi connectivity index (χ0) is 18.4. The summed E-state index contributed by atoms with van der Waals surface area (Å²) >= 11 is 1.15. The SMILES string of the molecule is CCN(CC)S(=O)(=O)c1ccc(CNC(=O)Cc2cccc(F)c2)s1. The summed E-state index contributed by atoms with van der Waals surface area (Å²) in [6.07, 6.45) is 0.0771. The van der Waals surface area contributed by atoms with Crippen LogP contribution in [0.3, 0.4) is 0 Å². The molecule has 0 aliphatic heterocycles. The van der Waals surface area contributed by atoms with Crippen molar-refractivity contribution < 1.29 is 17.6 Å². The van der Waals surface area contributed by atoms with Gasteiger partial charge in [-0.2, -0.15) is 4.31 Å². The molecule has 136 valence electrons. The lowest BCUT2D eigenvalue weighted by atomic mass is 10.1. The van der Waals surface area contributed by atoms with Gasteiger partial charge in [-0.3, -0.25) is 4.79 Å². The summed E-state index contributed by atoms with van der Waals surface area (Å²) in [6.45, 7) is 4.66. The summed E-state index contributed by atoms with van der Waals surface area (Å²) in [7, 11) is -3.47. The van der Waals surface area contributed by atoms with Crippen molar-refractivity contribution in [3.05, 3.63) is 52.7 Å². The number of halogens is 1. The molecule has 25 heavy (non-hydrogen) atoms. The van der Waals surface area contributed by atoms with E-state index in [0.29, 0.717) is 18.7 Å². The predicted molar refractivity (Wildman–Crippen MR) is 96.4 cm³/mol. The van der Waals surface area contributed by atoms with Gasteiger partial charge >= 0.3 is 0 Å². The van der Waals surface area contributed by atoms with Crippen molar-refractivity contribution in [1.82, 2.24) is 9.62 Å². The zero-order valence-corrected chi connectivity index (χ0v) is 15.8. The molecule has 0 radical (unpaired) electrons. The molecule has 0 aliphatic carbocycles. The Kier molecular flexibility index (Phi) is 6.69. The van der Waals surface area contributed by atoms with Gasteiger partial charge in [0.1, 0.15) is 10.0 Å². The fourth-order valence-electron chi connectivity index (χ4n) is 2.36. The lowest BCUT2D eigenvalue weighted by Crippen LogP contribution is -2.30. The smallest absolute Gasteiger partial charge is 0.252 e. The second-order valence-corrected chi connectivity index (χ2v) is 8.73. The van der Waals surface area contributed by atoms with E-state index in [0.717, 1.165) is 16.2 Å². The van der Waals surface area contributed by atoms with Crippen molar-refractivity contribution >= 4 is 27.3 Å². The van der Waals surface area contributed by atoms with Crippen LogP contribution in [0.4, 0.5) is 4.39 Å². The van der Waals surface area contributed by atoms with Gasteiger partial charge in [-0.1, -0.05) is 26.0 Å². The molecule has 5 nitrogen and oxygen atoms in total. The fraction of sp³-hybridized carbons (Fsp3) is 0.353. The number of rotatable bonds is 8. The second-order valence-electron chi connectivity index (χ2n) is 5.39. The molecule has 0 aliphatic rings. The van der Waals surface area contributed by atoms with Crippen molar-refractivity contribution in [1.29, 1.82) is 0 Å². The lowest BCUT2D eigenvalue weighted by Gasteiger charge is -2.16. The molecular weight excluding hydrogens is 363 g/mol. The van der Waals surface area contributed by atoms with Crippen LogP contribution in [0.5, 0.6) is 0 Å². The average molecular weight is 384 g/mol. The maximum atomic E-state index is 13.1. The van der Waals surface area contributed by atoms with Gasteiger partial charge in [-0.15, -0.1) is 11.3 Å². The van der Waals surface area contributed by atoms with Crippen molar-refractivity contribution in [3.63, 3.8) is 0 Å². The molecule has 1 N–H and O–H groups in total. The first-order chi connectivity index (χ1) is 11.9. The summed E-state index contributed by atoms with van der Waals surface area (Å²) in [6, 6.07) is 9.14. The molecule has 1 heterocycles. The van der Waals surface area contributed by atoms with Crippen molar-refractivity contribution in [2.24, 2.45) is 0 Å². The third kappa shape index (κ3) is 5.10. The van der Waals surface area contributed by atoms with Crippen LogP contribution in [-0.4, -0.2) is 31.7 Å². The molecule has 1 aromatic heterocycles. The first-order valence-corrected chi connectivity index (χ1v) is 10.2. The molecule has 0 atom stereocenters. The van der Waals surface area contributed by atoms with Crippen LogP contribution in [0.15, 0.2) is 40.6 Å². The standard InChI is InChI=1S/C17H21FN2O3S2/c1-3-20(4-2)25(22,23)17-9-8-15(24-17)12-19-16(21)11-13-6-5-7-14(18)10-13/h5-10H,3-4,11-12H2,1-2H3,(H,19,21). The number of nitrogens with zero attached hydrogens (tertiary/aromatic N) is 1. The first kappa shape index (κ1) is 19.6. The normalized spacial score (nSPS) is 11.7. The monoisotopic (exact) mass is 384 g/mol. The minimum absolute atomic E-state index is 0.0771. The number of benzene rings is 1. The van der Waals surface area contributed by atoms with E-state index in [-0.39, 0.29) is 28.9 Å². The molecule has 8 heteroatoms. The Labute approximate surface area is 151 Å². The van der Waals surface area contributed by atoms with Crippen molar-refractivity contribution in [2.75, 3.05) is 13.1 Å². The van der Waals surface area contributed by atoms with Gasteiger partial charge in [-0.25, -0.2) is 12.8 Å². The van der Waals surface area contributed by atoms with Crippen LogP contribution in [0.25, 0.3) is 0 Å². The number of sulfonamides is 1. The van der Waals surface area contributed by atoms with E-state index in [1.54, 1.807) is 38.1 Å². The topological polar surface area (TPSA) is 66.5 Å². The van der Waals surface area contributed by atoms with Gasteiger partial charge in [0.15, 0.2) is 0 Å². The van der Waals surface area contributed by atoms with Crippen LogP contribution < -0.4 is 5.32 Å². The van der Waals surface area contributed by atoms with Gasteiger partial charge in [0.25, 0.3) is 10.0 Å². The van der Waals surface area contributed by atoms with Crippen LogP contribution in [-0.2, 0) is 27.8 Å². The highest BCUT2D eigenvalue weighted by atomic mass is 32.2. The lowest BCUT2D eigenvalue weighted by molar-refractivity contribution is -0.120. The molecule has 0 saturated carbocycles. The number of amides is 1. The maximum Gasteiger partial charge on any atom is 0.252 e. The predicted octanol–water partition coefficient (Wildman–Crippen LogP) is 2.78. The highest BCUT2D eigenvalue weighted by Gasteiger charge is 2.23. The van der Waals surface area contributed by atoms with Crippen LogP contribution >= 0.6 is 11.3 Å². The van der Waals surface area contributed by atoms with Gasteiger partial charge in [-0.05, 0) is 29.8 Å². The molecule has 0 bridgehead atoms. The first-order valence-electron chi connectivity index (χ1n) is 7.96. The summed E-state index contributed by atoms with van der Waals surface area (Å²) in [5.41, 5.74) is 0.591. The minimum atomic E-state index is -3.47. The molecule has 0 unspecified atom stereocenters. The summed E-state index contributed by atoms with van der Waals surface area (Å²) in [4.78, 5) is 12.7. The van der Waals surface area contributed by atoms with Crippen molar-refractivity contribution in [3.8, 4) is 0 Å². The second kappa shape index (κ2) is 8.55. The van der Waals surface area contributed by atoms with E-state index in [1.807, 2.05) is 0 Å². The molecule has 1 amide bonds. The number of carbonyl (C=O) groups excluding carboxylic acids is 1. The molecule has 0 spiro atoms. The Hall–Kier alpha value is -1.77. The third-order valence-electron chi connectivity index (χ3n) is 3.65. The Morgan fingerprint density at radius 1 is 1.20 bits per heavy atom. The molecule has 1 aromatic carbocycles. The van der Waals surface area contributed by atoms with E-state index < -0.39 is 10.0 Å². The van der Waals surface area contributed by atoms with Gasteiger partial charge in [0, 0.05) is 18.0 Å². The van der Waals surface area contributed by atoms with Gasteiger partial charge < -0.3 is 5.32 Å².